The highest BCUT2D eigenvalue weighted by Crippen LogP contribution is 1.81. The highest BCUT2D eigenvalue weighted by molar-refractivity contribution is 4.58. The second-order valence-electron chi connectivity index (χ2n) is 1.51. The van der Waals surface area contributed by atoms with Gasteiger partial charge in [-0.1, -0.05) is 5.18 Å². The van der Waals surface area contributed by atoms with Gasteiger partial charge in [0, 0.05) is 6.54 Å². The van der Waals surface area contributed by atoms with Crippen molar-refractivity contribution in [1.29, 1.82) is 0 Å². The molecule has 0 unspecified atom stereocenters. The quantitative estimate of drug-likeness (QED) is 0.523. The summed E-state index contributed by atoms with van der Waals surface area (Å²) < 4.78 is 0. The lowest BCUT2D eigenvalue weighted by atomic mass is 10.4. The minimum absolute atomic E-state index is 0.0926. The van der Waals surface area contributed by atoms with Crippen molar-refractivity contribution in [3.8, 4) is 0 Å². The van der Waals surface area contributed by atoms with Crippen molar-refractivity contribution < 1.29 is 0 Å². The van der Waals surface area contributed by atoms with E-state index in [0.717, 1.165) is 0 Å². The van der Waals surface area contributed by atoms with Crippen LogP contribution in [0.1, 0.15) is 6.92 Å². The van der Waals surface area contributed by atoms with E-state index in [-0.39, 0.29) is 6.04 Å². The average Bonchev–Trinajstić information content (AvgIpc) is 1.68. The van der Waals surface area contributed by atoms with Crippen LogP contribution in [0.4, 0.5) is 0 Å². The van der Waals surface area contributed by atoms with Gasteiger partial charge in [-0.25, -0.2) is 0 Å². The third-order valence-corrected chi connectivity index (χ3v) is 0.679. The number of hydrogen-bond donors (Lipinski definition) is 1. The number of nitroso groups, excluding NO2 is 1. The zero-order chi connectivity index (χ0) is 5.70. The Morgan fingerprint density at radius 1 is 1.86 bits per heavy atom. The molecule has 0 aromatic carbocycles. The molecule has 0 aliphatic rings. The molecule has 0 rings (SSSR count). The van der Waals surface area contributed by atoms with E-state index in [0.29, 0.717) is 6.54 Å². The predicted octanol–water partition coefficient (Wildman–Crippen LogP) is 0.361. The monoisotopic (exact) mass is 102 g/mol. The molecule has 0 aromatic rings. The summed E-state index contributed by atoms with van der Waals surface area (Å²) in [6, 6.07) is -0.0926. The van der Waals surface area contributed by atoms with Crippen molar-refractivity contribution in [1.82, 2.24) is 5.32 Å². The Balaban J connectivity index is 2.98. The largest absolute Gasteiger partial charge is 0.318 e. The molecule has 0 fully saturated rings. The van der Waals surface area contributed by atoms with Gasteiger partial charge in [0.1, 0.15) is 6.04 Å². The van der Waals surface area contributed by atoms with Crippen LogP contribution < -0.4 is 5.32 Å². The Labute approximate surface area is 43.1 Å². The summed E-state index contributed by atoms with van der Waals surface area (Å²) in [5.74, 6) is 0. The fourth-order valence-electron chi connectivity index (χ4n) is 0.333. The lowest BCUT2D eigenvalue weighted by molar-refractivity contribution is 0.664. The van der Waals surface area contributed by atoms with E-state index in [1.54, 1.807) is 14.0 Å². The molecule has 0 saturated heterocycles. The van der Waals surface area contributed by atoms with Crippen LogP contribution in [0.25, 0.3) is 0 Å². The number of likely N-dealkylation sites (N-methyl/N-ethyl adjacent to an activating group) is 1. The van der Waals surface area contributed by atoms with Gasteiger partial charge in [0.15, 0.2) is 0 Å². The molecule has 3 nitrogen and oxygen atoms in total. The van der Waals surface area contributed by atoms with E-state index in [2.05, 4.69) is 10.5 Å². The first-order chi connectivity index (χ1) is 3.31. The van der Waals surface area contributed by atoms with Gasteiger partial charge >= 0.3 is 0 Å². The summed E-state index contributed by atoms with van der Waals surface area (Å²) in [4.78, 5) is 9.60. The van der Waals surface area contributed by atoms with Crippen LogP contribution in [-0.4, -0.2) is 19.6 Å². The molecule has 42 valence electrons. The maximum absolute atomic E-state index is 9.60. The Morgan fingerprint density at radius 3 is 2.57 bits per heavy atom. The van der Waals surface area contributed by atoms with E-state index in [4.69, 9.17) is 0 Å². The first-order valence-electron chi connectivity index (χ1n) is 2.28. The molecule has 0 bridgehead atoms. The average molecular weight is 102 g/mol. The molecule has 0 saturated carbocycles. The molecule has 0 aliphatic heterocycles. The second kappa shape index (κ2) is 3.74. The molecule has 1 N–H and O–H groups in total. The van der Waals surface area contributed by atoms with Crippen molar-refractivity contribution >= 4 is 0 Å². The smallest absolute Gasteiger partial charge is 0.101 e. The van der Waals surface area contributed by atoms with Crippen LogP contribution in [0.5, 0.6) is 0 Å². The van der Waals surface area contributed by atoms with Gasteiger partial charge in [0.25, 0.3) is 0 Å². The molecule has 0 amide bonds. The van der Waals surface area contributed by atoms with Gasteiger partial charge in [-0.2, -0.15) is 4.91 Å². The van der Waals surface area contributed by atoms with Crippen LogP contribution in [0.2, 0.25) is 0 Å². The van der Waals surface area contributed by atoms with Gasteiger partial charge in [-0.3, -0.25) is 0 Å². The lowest BCUT2D eigenvalue weighted by Crippen LogP contribution is -2.18. The molecule has 0 aromatic heterocycles. The molecule has 0 spiro atoms. The van der Waals surface area contributed by atoms with Crippen molar-refractivity contribution in [2.24, 2.45) is 5.18 Å². The SMILES string of the molecule is CNC[C@H](C)N=O. The molecule has 7 heavy (non-hydrogen) atoms. The molecule has 0 aliphatic carbocycles. The Kier molecular flexibility index (Phi) is 3.50. The third-order valence-electron chi connectivity index (χ3n) is 0.679. The summed E-state index contributed by atoms with van der Waals surface area (Å²) in [7, 11) is 1.79. The Hall–Kier alpha value is -0.440. The summed E-state index contributed by atoms with van der Waals surface area (Å²) in [5, 5.41) is 5.59. The van der Waals surface area contributed by atoms with E-state index in [1.165, 1.54) is 0 Å². The van der Waals surface area contributed by atoms with Crippen molar-refractivity contribution in [3.63, 3.8) is 0 Å². The number of nitrogens with one attached hydrogen (secondary N) is 1. The molecule has 0 radical (unpaired) electrons. The minimum atomic E-state index is -0.0926. The maximum Gasteiger partial charge on any atom is 0.101 e. The highest BCUT2D eigenvalue weighted by atomic mass is 16.3. The molecular formula is C4H10N2O. The maximum atomic E-state index is 9.60. The summed E-state index contributed by atoms with van der Waals surface area (Å²) in [6.45, 7) is 2.44. The van der Waals surface area contributed by atoms with Crippen molar-refractivity contribution in [2.45, 2.75) is 13.0 Å². The fraction of sp³-hybridized carbons (Fsp3) is 1.00. The van der Waals surface area contributed by atoms with Crippen LogP contribution in [0.15, 0.2) is 5.18 Å². The first kappa shape index (κ1) is 6.56. The van der Waals surface area contributed by atoms with Gasteiger partial charge in [-0.15, -0.1) is 0 Å². The summed E-state index contributed by atoms with van der Waals surface area (Å²) >= 11 is 0. The Bertz CT molecular complexity index is 55.7. The molecular weight excluding hydrogens is 92.1 g/mol. The molecule has 3 heteroatoms. The zero-order valence-electron chi connectivity index (χ0n) is 4.64. The van der Waals surface area contributed by atoms with Crippen LogP contribution in [0, 0.1) is 4.91 Å². The summed E-state index contributed by atoms with van der Waals surface area (Å²) in [6.07, 6.45) is 0. The normalized spacial score (nSPS) is 13.4. The lowest BCUT2D eigenvalue weighted by Gasteiger charge is -1.96. The van der Waals surface area contributed by atoms with Crippen molar-refractivity contribution in [3.05, 3.63) is 4.91 Å². The van der Waals surface area contributed by atoms with E-state index in [1.807, 2.05) is 0 Å². The second-order valence-corrected chi connectivity index (χ2v) is 1.51. The standard InChI is InChI=1S/C4H10N2O/c1-4(6-7)3-5-2/h4-5H,3H2,1-2H3/t4-/m0/s1. The van der Waals surface area contributed by atoms with Crippen LogP contribution in [0.3, 0.4) is 0 Å². The Morgan fingerprint density at radius 2 is 2.43 bits per heavy atom. The zero-order valence-corrected chi connectivity index (χ0v) is 4.64. The number of nitrogens with zero attached hydrogens (tertiary/aromatic N) is 1. The van der Waals surface area contributed by atoms with Crippen molar-refractivity contribution in [2.75, 3.05) is 13.6 Å². The number of rotatable bonds is 3. The van der Waals surface area contributed by atoms with Crippen LogP contribution >= 0.6 is 0 Å². The minimum Gasteiger partial charge on any atom is -0.318 e. The van der Waals surface area contributed by atoms with Gasteiger partial charge in [0.05, 0.1) is 0 Å². The van der Waals surface area contributed by atoms with Crippen LogP contribution in [-0.2, 0) is 0 Å². The number of hydrogen-bond acceptors (Lipinski definition) is 3. The predicted molar refractivity (Wildman–Crippen MR) is 29.2 cm³/mol. The third kappa shape index (κ3) is 3.39. The van der Waals surface area contributed by atoms with Gasteiger partial charge in [-0.05, 0) is 14.0 Å². The van der Waals surface area contributed by atoms with Gasteiger partial charge in [0.2, 0.25) is 0 Å². The molecule has 0 heterocycles. The fourth-order valence-corrected chi connectivity index (χ4v) is 0.333. The van der Waals surface area contributed by atoms with E-state index in [9.17, 15) is 4.91 Å². The first-order valence-corrected chi connectivity index (χ1v) is 2.28. The van der Waals surface area contributed by atoms with E-state index < -0.39 is 0 Å². The van der Waals surface area contributed by atoms with Gasteiger partial charge < -0.3 is 5.32 Å². The van der Waals surface area contributed by atoms with E-state index >= 15 is 0 Å². The molecule has 1 atom stereocenters. The topological polar surface area (TPSA) is 41.5 Å². The highest BCUT2D eigenvalue weighted by Gasteiger charge is 1.93. The summed E-state index contributed by atoms with van der Waals surface area (Å²) in [5.41, 5.74) is 0.